The number of hydrogen-bond acceptors (Lipinski definition) is 3. The second kappa shape index (κ2) is 5.49. The molecule has 0 amide bonds. The first-order valence-electron chi connectivity index (χ1n) is 6.90. The van der Waals surface area contributed by atoms with Crippen LogP contribution in [0.25, 0.3) is 0 Å². The number of hydroxylamine groups is 2. The van der Waals surface area contributed by atoms with Crippen LogP contribution in [0, 0.1) is 0 Å². The van der Waals surface area contributed by atoms with Gasteiger partial charge in [-0.1, -0.05) is 27.7 Å². The molecular formula is C14H27NO2. The van der Waals surface area contributed by atoms with Crippen LogP contribution in [0.2, 0.25) is 0 Å². The second-order valence-electron chi connectivity index (χ2n) is 5.23. The van der Waals surface area contributed by atoms with Crippen molar-refractivity contribution in [2.75, 3.05) is 7.11 Å². The summed E-state index contributed by atoms with van der Waals surface area (Å²) in [5, 5.41) is 2.15. The largest absolute Gasteiger partial charge is 0.301 e. The van der Waals surface area contributed by atoms with E-state index >= 15 is 0 Å². The van der Waals surface area contributed by atoms with Crippen molar-refractivity contribution in [2.45, 2.75) is 77.3 Å². The normalized spacial score (nSPS) is 23.9. The lowest BCUT2D eigenvalue weighted by molar-refractivity contribution is -0.279. The summed E-state index contributed by atoms with van der Waals surface area (Å²) < 4.78 is 0. The predicted molar refractivity (Wildman–Crippen MR) is 69.7 cm³/mol. The Morgan fingerprint density at radius 2 is 1.35 bits per heavy atom. The maximum Gasteiger partial charge on any atom is 0.136 e. The van der Waals surface area contributed by atoms with Gasteiger partial charge in [0.2, 0.25) is 0 Å². The molecule has 0 aromatic carbocycles. The quantitative estimate of drug-likeness (QED) is 0.739. The van der Waals surface area contributed by atoms with Crippen molar-refractivity contribution in [1.29, 1.82) is 0 Å². The molecule has 0 spiro atoms. The molecule has 1 rings (SSSR count). The number of carbonyl (C=O) groups excluding carboxylic acids is 1. The number of Topliss-reactive ketones (excluding diaryl/α,β-unsaturated/α-hetero) is 1. The van der Waals surface area contributed by atoms with Crippen molar-refractivity contribution in [2.24, 2.45) is 0 Å². The van der Waals surface area contributed by atoms with Crippen molar-refractivity contribution in [3.05, 3.63) is 0 Å². The van der Waals surface area contributed by atoms with Gasteiger partial charge in [0.1, 0.15) is 5.78 Å². The average Bonchev–Trinajstić information content (AvgIpc) is 2.36. The molecule has 1 aliphatic rings. The Bertz CT molecular complexity index is 243. The summed E-state index contributed by atoms with van der Waals surface area (Å²) in [7, 11) is 1.75. The Kier molecular flexibility index (Phi) is 4.73. The van der Waals surface area contributed by atoms with E-state index in [4.69, 9.17) is 4.84 Å². The predicted octanol–water partition coefficient (Wildman–Crippen LogP) is 3.33. The lowest BCUT2D eigenvalue weighted by Crippen LogP contribution is -2.64. The lowest BCUT2D eigenvalue weighted by atomic mass is 9.72. The molecule has 0 aromatic heterocycles. The third kappa shape index (κ3) is 2.27. The van der Waals surface area contributed by atoms with Gasteiger partial charge in [0.25, 0.3) is 0 Å². The van der Waals surface area contributed by atoms with Crippen LogP contribution in [0.5, 0.6) is 0 Å². The molecule has 1 saturated heterocycles. The molecule has 3 heteroatoms. The van der Waals surface area contributed by atoms with Gasteiger partial charge in [-0.25, -0.2) is 0 Å². The Hall–Kier alpha value is -0.410. The molecule has 0 aliphatic carbocycles. The fourth-order valence-corrected chi connectivity index (χ4v) is 3.40. The van der Waals surface area contributed by atoms with Crippen LogP contribution in [-0.2, 0) is 9.63 Å². The fraction of sp³-hybridized carbons (Fsp3) is 0.929. The molecule has 1 aliphatic heterocycles. The third-order valence-electron chi connectivity index (χ3n) is 4.73. The third-order valence-corrected chi connectivity index (χ3v) is 4.73. The van der Waals surface area contributed by atoms with Gasteiger partial charge in [-0.3, -0.25) is 4.79 Å². The molecule has 0 unspecified atom stereocenters. The van der Waals surface area contributed by atoms with E-state index in [1.165, 1.54) is 0 Å². The van der Waals surface area contributed by atoms with Crippen molar-refractivity contribution in [3.8, 4) is 0 Å². The van der Waals surface area contributed by atoms with Gasteiger partial charge in [-0.2, -0.15) is 5.06 Å². The second-order valence-corrected chi connectivity index (χ2v) is 5.23. The standard InChI is InChI=1S/C14H27NO2/c1-6-13(7-2)10-12(16)11-14(8-3,9-4)15(13)17-5/h6-11H2,1-5H3. The van der Waals surface area contributed by atoms with Gasteiger partial charge in [0, 0.05) is 12.8 Å². The highest BCUT2D eigenvalue weighted by atomic mass is 16.7. The Morgan fingerprint density at radius 1 is 1.00 bits per heavy atom. The van der Waals surface area contributed by atoms with Crippen LogP contribution in [0.3, 0.4) is 0 Å². The highest BCUT2D eigenvalue weighted by Crippen LogP contribution is 2.44. The number of piperidine rings is 1. The van der Waals surface area contributed by atoms with Gasteiger partial charge in [-0.05, 0) is 25.7 Å². The van der Waals surface area contributed by atoms with Crippen LogP contribution in [0.1, 0.15) is 66.2 Å². The van der Waals surface area contributed by atoms with Crippen LogP contribution in [0.15, 0.2) is 0 Å². The summed E-state index contributed by atoms with van der Waals surface area (Å²) in [5.74, 6) is 0.394. The molecular weight excluding hydrogens is 214 g/mol. The van der Waals surface area contributed by atoms with Gasteiger partial charge in [-0.15, -0.1) is 0 Å². The molecule has 1 fully saturated rings. The molecule has 3 nitrogen and oxygen atoms in total. The van der Waals surface area contributed by atoms with Crippen LogP contribution in [-0.4, -0.2) is 29.0 Å². The first-order chi connectivity index (χ1) is 8.04. The lowest BCUT2D eigenvalue weighted by Gasteiger charge is -2.55. The van der Waals surface area contributed by atoms with E-state index in [1.807, 2.05) is 0 Å². The number of ketones is 1. The van der Waals surface area contributed by atoms with Crippen molar-refractivity contribution in [1.82, 2.24) is 5.06 Å². The van der Waals surface area contributed by atoms with E-state index in [0.717, 1.165) is 25.7 Å². The molecule has 100 valence electrons. The Morgan fingerprint density at radius 3 is 1.59 bits per heavy atom. The molecule has 17 heavy (non-hydrogen) atoms. The minimum absolute atomic E-state index is 0.101. The molecule has 0 radical (unpaired) electrons. The van der Waals surface area contributed by atoms with E-state index < -0.39 is 0 Å². The maximum atomic E-state index is 12.1. The maximum absolute atomic E-state index is 12.1. The Balaban J connectivity index is 3.19. The van der Waals surface area contributed by atoms with E-state index in [1.54, 1.807) is 7.11 Å². The van der Waals surface area contributed by atoms with Crippen molar-refractivity contribution in [3.63, 3.8) is 0 Å². The van der Waals surface area contributed by atoms with Crippen LogP contribution in [0.4, 0.5) is 0 Å². The fourth-order valence-electron chi connectivity index (χ4n) is 3.40. The highest BCUT2D eigenvalue weighted by molar-refractivity contribution is 5.82. The zero-order valence-corrected chi connectivity index (χ0v) is 12.0. The van der Waals surface area contributed by atoms with Crippen LogP contribution < -0.4 is 0 Å². The first-order valence-corrected chi connectivity index (χ1v) is 6.90. The number of carbonyl (C=O) groups is 1. The van der Waals surface area contributed by atoms with Gasteiger partial charge >= 0.3 is 0 Å². The number of hydrogen-bond donors (Lipinski definition) is 0. The van der Waals surface area contributed by atoms with E-state index in [0.29, 0.717) is 18.6 Å². The zero-order chi connectivity index (χ0) is 13.1. The van der Waals surface area contributed by atoms with Gasteiger partial charge in [0.05, 0.1) is 18.2 Å². The SMILES string of the molecule is CCC1(CC)CC(=O)CC(CC)(CC)N1OC. The minimum Gasteiger partial charge on any atom is -0.301 e. The number of rotatable bonds is 5. The summed E-state index contributed by atoms with van der Waals surface area (Å²) in [6.45, 7) is 8.63. The number of nitrogens with zero attached hydrogens (tertiary/aromatic N) is 1. The van der Waals surface area contributed by atoms with E-state index in [2.05, 4.69) is 32.8 Å². The van der Waals surface area contributed by atoms with E-state index in [-0.39, 0.29) is 11.1 Å². The monoisotopic (exact) mass is 241 g/mol. The zero-order valence-electron chi connectivity index (χ0n) is 12.0. The Labute approximate surface area is 105 Å². The summed E-state index contributed by atoms with van der Waals surface area (Å²) in [6.07, 6.45) is 5.12. The summed E-state index contributed by atoms with van der Waals surface area (Å²) in [6, 6.07) is 0. The summed E-state index contributed by atoms with van der Waals surface area (Å²) in [5.41, 5.74) is -0.202. The highest BCUT2D eigenvalue weighted by Gasteiger charge is 2.51. The van der Waals surface area contributed by atoms with Crippen molar-refractivity contribution < 1.29 is 9.63 Å². The van der Waals surface area contributed by atoms with Gasteiger partial charge < -0.3 is 4.84 Å². The minimum atomic E-state index is -0.101. The topological polar surface area (TPSA) is 29.5 Å². The molecule has 0 aromatic rings. The molecule has 0 saturated carbocycles. The molecule has 0 bridgehead atoms. The molecule has 1 heterocycles. The average molecular weight is 241 g/mol. The molecule has 0 atom stereocenters. The van der Waals surface area contributed by atoms with Crippen LogP contribution >= 0.6 is 0 Å². The van der Waals surface area contributed by atoms with Crippen molar-refractivity contribution >= 4 is 5.78 Å². The van der Waals surface area contributed by atoms with E-state index in [9.17, 15) is 4.79 Å². The molecule has 0 N–H and O–H groups in total. The summed E-state index contributed by atoms with van der Waals surface area (Å²) >= 11 is 0. The summed E-state index contributed by atoms with van der Waals surface area (Å²) in [4.78, 5) is 17.8. The smallest absolute Gasteiger partial charge is 0.136 e. The van der Waals surface area contributed by atoms with Gasteiger partial charge in [0.15, 0.2) is 0 Å². The first kappa shape index (κ1) is 14.7.